The van der Waals surface area contributed by atoms with Crippen molar-refractivity contribution in [1.29, 1.82) is 0 Å². The normalized spacial score (nSPS) is 23.6. The fraction of sp³-hybridized carbons (Fsp3) is 0.533. The van der Waals surface area contributed by atoms with Crippen molar-refractivity contribution in [3.63, 3.8) is 0 Å². The van der Waals surface area contributed by atoms with Crippen LogP contribution in [0.1, 0.15) is 25.3 Å². The molecule has 19 heavy (non-hydrogen) atoms. The van der Waals surface area contributed by atoms with Crippen LogP contribution in [-0.2, 0) is 16.0 Å². The maximum Gasteiger partial charge on any atom is 0.321 e. The number of hydrogen-bond acceptors (Lipinski definition) is 3. The van der Waals surface area contributed by atoms with Crippen LogP contribution in [-0.4, -0.2) is 35.9 Å². The lowest BCUT2D eigenvalue weighted by Crippen LogP contribution is -2.52. The smallest absolute Gasteiger partial charge is 0.321 e. The van der Waals surface area contributed by atoms with Gasteiger partial charge in [-0.05, 0) is 31.7 Å². The van der Waals surface area contributed by atoms with Crippen LogP contribution in [0.5, 0.6) is 0 Å². The molecule has 0 saturated heterocycles. The summed E-state index contributed by atoms with van der Waals surface area (Å²) in [6.45, 7) is 2.71. The Morgan fingerprint density at radius 3 is 2.68 bits per heavy atom. The van der Waals surface area contributed by atoms with Crippen LogP contribution >= 0.6 is 0 Å². The van der Waals surface area contributed by atoms with Crippen LogP contribution in [0, 0.1) is 0 Å². The highest BCUT2D eigenvalue weighted by molar-refractivity contribution is 5.74. The number of hydrogen-bond donors (Lipinski definition) is 2. The maximum atomic E-state index is 11.3. The molecule has 1 aromatic rings. The van der Waals surface area contributed by atoms with Gasteiger partial charge < -0.3 is 15.2 Å². The quantitative estimate of drug-likeness (QED) is 0.788. The van der Waals surface area contributed by atoms with Gasteiger partial charge in [0.05, 0.1) is 6.10 Å². The Kier molecular flexibility index (Phi) is 4.93. The molecular weight excluding hydrogens is 242 g/mol. The van der Waals surface area contributed by atoms with Gasteiger partial charge in [0.2, 0.25) is 0 Å². The van der Waals surface area contributed by atoms with Crippen LogP contribution in [0.3, 0.4) is 0 Å². The van der Waals surface area contributed by atoms with Gasteiger partial charge in [-0.15, -0.1) is 0 Å². The second-order valence-corrected chi connectivity index (χ2v) is 4.99. The first kappa shape index (κ1) is 14.0. The molecule has 1 fully saturated rings. The van der Waals surface area contributed by atoms with Gasteiger partial charge in [0.1, 0.15) is 6.04 Å². The first-order chi connectivity index (χ1) is 9.19. The maximum absolute atomic E-state index is 11.3. The SMILES string of the molecule is CCOC1CC(N[C@@H](Cc2ccccc2)C(=O)O)C1. The van der Waals surface area contributed by atoms with Gasteiger partial charge in [-0.2, -0.15) is 0 Å². The molecule has 2 N–H and O–H groups in total. The summed E-state index contributed by atoms with van der Waals surface area (Å²) < 4.78 is 5.48. The molecule has 1 atom stereocenters. The van der Waals surface area contributed by atoms with Crippen molar-refractivity contribution in [3.05, 3.63) is 35.9 Å². The van der Waals surface area contributed by atoms with E-state index in [1.807, 2.05) is 37.3 Å². The molecule has 1 aliphatic carbocycles. The molecular formula is C15H21NO3. The van der Waals surface area contributed by atoms with E-state index in [-0.39, 0.29) is 6.04 Å². The minimum absolute atomic E-state index is 0.265. The predicted molar refractivity (Wildman–Crippen MR) is 73.1 cm³/mol. The first-order valence-electron chi connectivity index (χ1n) is 6.83. The molecule has 1 saturated carbocycles. The first-order valence-corrected chi connectivity index (χ1v) is 6.83. The van der Waals surface area contributed by atoms with Crippen LogP contribution < -0.4 is 5.32 Å². The molecule has 1 aromatic carbocycles. The summed E-state index contributed by atoms with van der Waals surface area (Å²) in [7, 11) is 0. The van der Waals surface area contributed by atoms with Crippen molar-refractivity contribution in [2.24, 2.45) is 0 Å². The lowest BCUT2D eigenvalue weighted by Gasteiger charge is -2.37. The monoisotopic (exact) mass is 263 g/mol. The van der Waals surface area contributed by atoms with E-state index in [2.05, 4.69) is 5.32 Å². The number of rotatable bonds is 7. The summed E-state index contributed by atoms with van der Waals surface area (Å²) in [5, 5.41) is 12.5. The molecule has 0 radical (unpaired) electrons. The molecule has 0 heterocycles. The number of carboxylic acids is 1. The third-order valence-electron chi connectivity index (χ3n) is 3.51. The molecule has 104 valence electrons. The van der Waals surface area contributed by atoms with Crippen LogP contribution in [0.15, 0.2) is 30.3 Å². The highest BCUT2D eigenvalue weighted by Crippen LogP contribution is 2.24. The van der Waals surface area contributed by atoms with E-state index >= 15 is 0 Å². The average Bonchev–Trinajstić information content (AvgIpc) is 2.36. The summed E-state index contributed by atoms with van der Waals surface area (Å²) in [6, 6.07) is 9.47. The Bertz CT molecular complexity index is 401. The largest absolute Gasteiger partial charge is 0.480 e. The van der Waals surface area contributed by atoms with E-state index in [1.54, 1.807) is 0 Å². The number of ether oxygens (including phenoxy) is 1. The lowest BCUT2D eigenvalue weighted by molar-refractivity contribution is -0.140. The van der Waals surface area contributed by atoms with Gasteiger partial charge in [-0.25, -0.2) is 0 Å². The molecule has 0 unspecified atom stereocenters. The van der Waals surface area contributed by atoms with Crippen LogP contribution in [0.25, 0.3) is 0 Å². The molecule has 0 aliphatic heterocycles. The van der Waals surface area contributed by atoms with Crippen molar-refractivity contribution in [2.75, 3.05) is 6.61 Å². The minimum atomic E-state index is -0.788. The average molecular weight is 263 g/mol. The minimum Gasteiger partial charge on any atom is -0.480 e. The third kappa shape index (κ3) is 4.04. The number of benzene rings is 1. The van der Waals surface area contributed by atoms with E-state index < -0.39 is 12.0 Å². The Morgan fingerprint density at radius 1 is 1.42 bits per heavy atom. The summed E-state index contributed by atoms with van der Waals surface area (Å²) in [6.07, 6.45) is 2.64. The molecule has 0 amide bonds. The van der Waals surface area contributed by atoms with E-state index in [1.165, 1.54) is 0 Å². The van der Waals surface area contributed by atoms with E-state index in [0.717, 1.165) is 25.0 Å². The van der Waals surface area contributed by atoms with Crippen molar-refractivity contribution >= 4 is 5.97 Å². The molecule has 0 spiro atoms. The molecule has 0 bridgehead atoms. The Hall–Kier alpha value is -1.39. The fourth-order valence-electron chi connectivity index (χ4n) is 2.43. The Morgan fingerprint density at radius 2 is 2.11 bits per heavy atom. The second kappa shape index (κ2) is 6.68. The van der Waals surface area contributed by atoms with Crippen molar-refractivity contribution in [1.82, 2.24) is 5.32 Å². The van der Waals surface area contributed by atoms with Crippen LogP contribution in [0.2, 0.25) is 0 Å². The van der Waals surface area contributed by atoms with Gasteiger partial charge in [0, 0.05) is 12.6 Å². The number of nitrogens with one attached hydrogen (secondary N) is 1. The fourth-order valence-corrected chi connectivity index (χ4v) is 2.43. The summed E-state index contributed by atoms with van der Waals surface area (Å²) in [5.41, 5.74) is 1.04. The van der Waals surface area contributed by atoms with Gasteiger partial charge in [0.25, 0.3) is 0 Å². The molecule has 2 rings (SSSR count). The van der Waals surface area contributed by atoms with Crippen LogP contribution in [0.4, 0.5) is 0 Å². The van der Waals surface area contributed by atoms with Gasteiger partial charge >= 0.3 is 5.97 Å². The second-order valence-electron chi connectivity index (χ2n) is 4.99. The van der Waals surface area contributed by atoms with E-state index in [0.29, 0.717) is 12.5 Å². The van der Waals surface area contributed by atoms with Gasteiger partial charge in [0.15, 0.2) is 0 Å². The molecule has 4 heteroatoms. The van der Waals surface area contributed by atoms with Crippen molar-refractivity contribution in [3.8, 4) is 0 Å². The molecule has 1 aliphatic rings. The summed E-state index contributed by atoms with van der Waals surface area (Å²) in [4.78, 5) is 11.3. The van der Waals surface area contributed by atoms with Gasteiger partial charge in [-0.3, -0.25) is 4.79 Å². The number of carboxylic acid groups (broad SMARTS) is 1. The zero-order chi connectivity index (χ0) is 13.7. The highest BCUT2D eigenvalue weighted by atomic mass is 16.5. The molecule has 4 nitrogen and oxygen atoms in total. The third-order valence-corrected chi connectivity index (χ3v) is 3.51. The number of aliphatic carboxylic acids is 1. The topological polar surface area (TPSA) is 58.6 Å². The number of carbonyl (C=O) groups is 1. The zero-order valence-corrected chi connectivity index (χ0v) is 11.2. The lowest BCUT2D eigenvalue weighted by atomic mass is 9.88. The summed E-state index contributed by atoms with van der Waals surface area (Å²) in [5.74, 6) is -0.788. The molecule has 0 aromatic heterocycles. The zero-order valence-electron chi connectivity index (χ0n) is 11.2. The Labute approximate surface area is 113 Å². The highest BCUT2D eigenvalue weighted by Gasteiger charge is 2.32. The standard InChI is InChI=1S/C15H21NO3/c1-2-19-13-9-12(10-13)16-14(15(17)18)8-11-6-4-3-5-7-11/h3-7,12-14,16H,2,8-10H2,1H3,(H,17,18)/t12?,13?,14-/m0/s1. The van der Waals surface area contributed by atoms with E-state index in [9.17, 15) is 9.90 Å². The predicted octanol–water partition coefficient (Wildman–Crippen LogP) is 1.84. The van der Waals surface area contributed by atoms with Crippen molar-refractivity contribution in [2.45, 2.75) is 44.4 Å². The van der Waals surface area contributed by atoms with Crippen molar-refractivity contribution < 1.29 is 14.6 Å². The Balaban J connectivity index is 1.83. The van der Waals surface area contributed by atoms with Gasteiger partial charge in [-0.1, -0.05) is 30.3 Å². The van der Waals surface area contributed by atoms with E-state index in [4.69, 9.17) is 4.74 Å². The summed E-state index contributed by atoms with van der Waals surface area (Å²) >= 11 is 0.